The summed E-state index contributed by atoms with van der Waals surface area (Å²) in [5.74, 6) is -1.62. The van der Waals surface area contributed by atoms with Crippen molar-refractivity contribution in [3.05, 3.63) is 101 Å². The van der Waals surface area contributed by atoms with Gasteiger partial charge < -0.3 is 0 Å². The number of nitrogens with zero attached hydrogens (tertiary/aromatic N) is 4. The number of carbonyl (C=O) groups is 2. The average Bonchev–Trinajstić information content (AvgIpc) is 2.96. The van der Waals surface area contributed by atoms with E-state index >= 15 is 0 Å². The van der Waals surface area contributed by atoms with E-state index in [1.165, 1.54) is 24.3 Å². The molecule has 1 aliphatic rings. The van der Waals surface area contributed by atoms with E-state index in [0.29, 0.717) is 0 Å². The molecule has 0 aromatic heterocycles. The fourth-order valence-corrected chi connectivity index (χ4v) is 5.81. The van der Waals surface area contributed by atoms with Crippen LogP contribution >= 0.6 is 0 Å². The van der Waals surface area contributed by atoms with Gasteiger partial charge in [0.05, 0.1) is 38.0 Å². The highest BCUT2D eigenvalue weighted by molar-refractivity contribution is 7.86. The molecule has 0 amide bonds. The minimum Gasteiger partial charge on any atom is -0.288 e. The van der Waals surface area contributed by atoms with Crippen LogP contribution in [0.4, 0.5) is 22.7 Å². The minimum absolute atomic E-state index is 0.00615. The maximum atomic E-state index is 13.7. The summed E-state index contributed by atoms with van der Waals surface area (Å²) in [6.07, 6.45) is 0. The molecule has 4 aromatic rings. The molecule has 0 radical (unpaired) electrons. The first kappa shape index (κ1) is 30.6. The Balaban J connectivity index is 1.73. The molecule has 18 heteroatoms. The molecule has 4 aromatic carbocycles. The van der Waals surface area contributed by atoms with Gasteiger partial charge in [-0.2, -0.15) is 35.5 Å². The lowest BCUT2D eigenvalue weighted by molar-refractivity contribution is 0.0979. The van der Waals surface area contributed by atoms with E-state index in [1.54, 1.807) is 0 Å². The molecule has 0 fully saturated rings. The monoisotopic (exact) mass is 656 g/mol. The van der Waals surface area contributed by atoms with Crippen LogP contribution in [-0.2, 0) is 30.4 Å². The second-order valence-corrected chi connectivity index (χ2v) is 13.2. The molecule has 5 rings (SSSR count). The van der Waals surface area contributed by atoms with Crippen LogP contribution in [0.1, 0.15) is 31.8 Å². The lowest BCUT2D eigenvalue weighted by atomic mass is 9.82. The predicted molar refractivity (Wildman–Crippen MR) is 150 cm³/mol. The van der Waals surface area contributed by atoms with Crippen molar-refractivity contribution in [2.75, 3.05) is 0 Å². The van der Waals surface area contributed by atoms with Crippen LogP contribution in [0.25, 0.3) is 0 Å². The first-order chi connectivity index (χ1) is 20.6. The Bertz CT molecular complexity index is 2260. The molecule has 0 heterocycles. The number of rotatable bonds is 7. The van der Waals surface area contributed by atoms with Gasteiger partial charge in [-0.15, -0.1) is 10.2 Å². The molecule has 15 nitrogen and oxygen atoms in total. The van der Waals surface area contributed by atoms with E-state index in [-0.39, 0.29) is 22.5 Å². The maximum Gasteiger partial charge on any atom is 0.296 e. The van der Waals surface area contributed by atoms with Crippen LogP contribution in [-0.4, -0.2) is 50.5 Å². The lowest BCUT2D eigenvalue weighted by Crippen LogP contribution is -2.22. The molecule has 44 heavy (non-hydrogen) atoms. The summed E-state index contributed by atoms with van der Waals surface area (Å²) < 4.78 is 98.7. The molecule has 0 unspecified atom stereocenters. The fraction of sp³-hybridized carbons (Fsp3) is 0. The molecule has 1 aliphatic carbocycles. The number of hydrogen-bond donors (Lipinski definition) is 3. The van der Waals surface area contributed by atoms with Crippen LogP contribution < -0.4 is 0 Å². The van der Waals surface area contributed by atoms with E-state index in [1.807, 2.05) is 0 Å². The zero-order chi connectivity index (χ0) is 32.0. The van der Waals surface area contributed by atoms with Crippen molar-refractivity contribution in [1.29, 1.82) is 0 Å². The Morgan fingerprint density at radius 1 is 0.500 bits per heavy atom. The van der Waals surface area contributed by atoms with E-state index < -0.39 is 79.1 Å². The summed E-state index contributed by atoms with van der Waals surface area (Å²) >= 11 is 0. The van der Waals surface area contributed by atoms with Crippen molar-refractivity contribution in [1.82, 2.24) is 0 Å². The van der Waals surface area contributed by atoms with Gasteiger partial charge in [0.2, 0.25) is 0 Å². The Kier molecular flexibility index (Phi) is 7.66. The number of carbonyl (C=O) groups excluding carboxylic acids is 2. The number of fused-ring (bicyclic) bond motifs is 2. The van der Waals surface area contributed by atoms with Crippen LogP contribution in [0, 0.1) is 0 Å². The third-order valence-electron chi connectivity index (χ3n) is 6.20. The number of benzene rings is 4. The first-order valence-electron chi connectivity index (χ1n) is 11.9. The Morgan fingerprint density at radius 3 is 1.36 bits per heavy atom. The average molecular weight is 657 g/mol. The van der Waals surface area contributed by atoms with E-state index in [4.69, 9.17) is 4.55 Å². The van der Waals surface area contributed by atoms with Gasteiger partial charge in [0.1, 0.15) is 10.6 Å². The second-order valence-electron chi connectivity index (χ2n) is 9.01. The smallest absolute Gasteiger partial charge is 0.288 e. The normalized spacial score (nSPS) is 13.8. The third-order valence-corrected chi connectivity index (χ3v) is 8.80. The van der Waals surface area contributed by atoms with E-state index in [2.05, 4.69) is 20.5 Å². The molecule has 0 atom stereocenters. The van der Waals surface area contributed by atoms with Crippen molar-refractivity contribution in [3.63, 3.8) is 0 Å². The van der Waals surface area contributed by atoms with E-state index in [0.717, 1.165) is 54.6 Å². The molecule has 0 saturated carbocycles. The van der Waals surface area contributed by atoms with Gasteiger partial charge in [0.15, 0.2) is 11.6 Å². The summed E-state index contributed by atoms with van der Waals surface area (Å²) in [5, 5.41) is 15.5. The quantitative estimate of drug-likeness (QED) is 0.155. The highest BCUT2D eigenvalue weighted by Gasteiger charge is 2.37. The Labute approximate surface area is 248 Å². The minimum atomic E-state index is -5.17. The fourth-order valence-electron chi connectivity index (χ4n) is 4.20. The first-order valence-corrected chi connectivity index (χ1v) is 16.2. The molecular weight excluding hydrogens is 641 g/mol. The zero-order valence-corrected chi connectivity index (χ0v) is 24.1. The summed E-state index contributed by atoms with van der Waals surface area (Å²) in [6.45, 7) is 0. The summed E-state index contributed by atoms with van der Waals surface area (Å²) in [6, 6.07) is 14.9. The van der Waals surface area contributed by atoms with Gasteiger partial charge in [0, 0.05) is 11.1 Å². The SMILES string of the molecule is O=C1c2ccccc2C(=O)c2c(/N=N\c3ccc(S(=O)(=O)O)cc3)c(S(=O)(=O)O)cc(/N=N\c3ccc(S(=O)(=O)O)cc3)c21. The van der Waals surface area contributed by atoms with Gasteiger partial charge in [-0.1, -0.05) is 24.3 Å². The second kappa shape index (κ2) is 11.0. The standard InChI is InChI=1S/C26H16N4O11S3/c31-25-18-3-1-2-4-19(18)26(32)23-22(25)20(29-27-14-5-9-16(10-6-14)42(33,34)35)13-21(44(39,40)41)24(23)30-28-15-7-11-17(12-8-15)43(36,37)38/h1-13H,(H,33,34,35)(H,36,37,38)(H,39,40,41)/b29-27-,30-28-. The van der Waals surface area contributed by atoms with Crippen LogP contribution in [0.2, 0.25) is 0 Å². The highest BCUT2D eigenvalue weighted by atomic mass is 32.2. The zero-order valence-electron chi connectivity index (χ0n) is 21.6. The third kappa shape index (κ3) is 5.97. The summed E-state index contributed by atoms with van der Waals surface area (Å²) in [7, 11) is -14.2. The van der Waals surface area contributed by atoms with Crippen LogP contribution in [0.5, 0.6) is 0 Å². The van der Waals surface area contributed by atoms with Gasteiger partial charge in [-0.05, 0) is 54.6 Å². The molecule has 0 saturated heterocycles. The molecule has 3 N–H and O–H groups in total. The van der Waals surface area contributed by atoms with Gasteiger partial charge >= 0.3 is 0 Å². The molecular formula is C26H16N4O11S3. The summed E-state index contributed by atoms with van der Waals surface area (Å²) in [5.41, 5.74) is -2.36. The lowest BCUT2D eigenvalue weighted by Gasteiger charge is -2.21. The van der Waals surface area contributed by atoms with Gasteiger partial charge in [0.25, 0.3) is 30.4 Å². The van der Waals surface area contributed by atoms with Gasteiger partial charge in [-0.3, -0.25) is 23.2 Å². The van der Waals surface area contributed by atoms with Crippen LogP contribution in [0.15, 0.2) is 114 Å². The largest absolute Gasteiger partial charge is 0.296 e. The molecule has 0 spiro atoms. The Hall–Kier alpha value is -4.85. The van der Waals surface area contributed by atoms with E-state index in [9.17, 15) is 43.9 Å². The van der Waals surface area contributed by atoms with Crippen molar-refractivity contribution >= 4 is 64.7 Å². The van der Waals surface area contributed by atoms with Crippen molar-refractivity contribution in [2.45, 2.75) is 14.7 Å². The number of azo groups is 2. The molecule has 0 aliphatic heterocycles. The highest BCUT2D eigenvalue weighted by Crippen LogP contribution is 2.44. The topological polar surface area (TPSA) is 247 Å². The summed E-state index contributed by atoms with van der Waals surface area (Å²) in [4.78, 5) is 25.5. The maximum absolute atomic E-state index is 13.7. The molecule has 224 valence electrons. The van der Waals surface area contributed by atoms with Crippen molar-refractivity contribution < 1.29 is 48.5 Å². The van der Waals surface area contributed by atoms with Gasteiger partial charge in [-0.25, -0.2) is 0 Å². The van der Waals surface area contributed by atoms with Crippen molar-refractivity contribution in [2.24, 2.45) is 20.5 Å². The number of hydrogen-bond acceptors (Lipinski definition) is 12. The Morgan fingerprint density at radius 2 is 0.932 bits per heavy atom. The number of ketones is 2. The van der Waals surface area contributed by atoms with Crippen LogP contribution in [0.3, 0.4) is 0 Å². The molecule has 0 bridgehead atoms. The van der Waals surface area contributed by atoms with Crippen molar-refractivity contribution in [3.8, 4) is 0 Å². The predicted octanol–water partition coefficient (Wildman–Crippen LogP) is 5.03.